The van der Waals surface area contributed by atoms with Gasteiger partial charge in [-0.3, -0.25) is 4.90 Å². The average Bonchev–Trinajstić information content (AvgIpc) is 3.12. The summed E-state index contributed by atoms with van der Waals surface area (Å²) >= 11 is 1.63. The second-order valence-electron chi connectivity index (χ2n) is 5.09. The van der Waals surface area contributed by atoms with E-state index in [1.807, 2.05) is 55.6 Å². The Bertz CT molecular complexity index is 537. The minimum absolute atomic E-state index is 0.00594. The van der Waals surface area contributed by atoms with Gasteiger partial charge in [-0.15, -0.1) is 11.3 Å². The summed E-state index contributed by atoms with van der Waals surface area (Å²) in [6, 6.07) is 7.61. The van der Waals surface area contributed by atoms with Crippen LogP contribution in [0.4, 0.5) is 4.79 Å². The third kappa shape index (κ3) is 4.34. The van der Waals surface area contributed by atoms with Gasteiger partial charge in [-0.25, -0.2) is 4.79 Å². The first-order chi connectivity index (χ1) is 10.1. The van der Waals surface area contributed by atoms with Gasteiger partial charge in [0.05, 0.1) is 18.3 Å². The third-order valence-electron chi connectivity index (χ3n) is 3.27. The predicted molar refractivity (Wildman–Crippen MR) is 84.4 cm³/mol. The molecule has 0 radical (unpaired) electrons. The van der Waals surface area contributed by atoms with Crippen LogP contribution in [0.1, 0.15) is 29.6 Å². The molecule has 2 rings (SSSR count). The van der Waals surface area contributed by atoms with Gasteiger partial charge in [-0.1, -0.05) is 6.07 Å². The number of carbonyl (C=O) groups is 1. The minimum atomic E-state index is -0.172. The van der Waals surface area contributed by atoms with Crippen LogP contribution >= 0.6 is 11.3 Å². The summed E-state index contributed by atoms with van der Waals surface area (Å²) in [4.78, 5) is 15.1. The van der Waals surface area contributed by atoms with Gasteiger partial charge in [0, 0.05) is 11.4 Å². The van der Waals surface area contributed by atoms with E-state index in [0.717, 1.165) is 10.6 Å². The highest BCUT2D eigenvalue weighted by molar-refractivity contribution is 7.10. The summed E-state index contributed by atoms with van der Waals surface area (Å²) in [5.41, 5.74) is 0. The Balaban J connectivity index is 1.85. The average molecular weight is 307 g/mol. The fourth-order valence-corrected chi connectivity index (χ4v) is 2.80. The number of nitrogens with one attached hydrogen (secondary N) is 2. The molecule has 0 aliphatic carbocycles. The Morgan fingerprint density at radius 1 is 1.38 bits per heavy atom. The maximum Gasteiger partial charge on any atom is 0.315 e. The van der Waals surface area contributed by atoms with Gasteiger partial charge < -0.3 is 15.1 Å². The molecular weight excluding hydrogens is 286 g/mol. The Morgan fingerprint density at radius 3 is 2.76 bits per heavy atom. The number of rotatable bonds is 6. The number of amides is 2. The lowest BCUT2D eigenvalue weighted by Crippen LogP contribution is -2.41. The molecule has 2 N–H and O–H groups in total. The first kappa shape index (κ1) is 15.6. The van der Waals surface area contributed by atoms with E-state index >= 15 is 0 Å². The van der Waals surface area contributed by atoms with Crippen molar-refractivity contribution in [2.24, 2.45) is 0 Å². The molecule has 2 heterocycles. The topological polar surface area (TPSA) is 57.5 Å². The van der Waals surface area contributed by atoms with E-state index in [9.17, 15) is 4.79 Å². The lowest BCUT2D eigenvalue weighted by Gasteiger charge is -2.23. The van der Waals surface area contributed by atoms with Crippen LogP contribution in [0, 0.1) is 0 Å². The van der Waals surface area contributed by atoms with Crippen molar-refractivity contribution in [3.05, 3.63) is 46.5 Å². The van der Waals surface area contributed by atoms with Gasteiger partial charge in [0.15, 0.2) is 0 Å². The Labute approximate surface area is 128 Å². The fraction of sp³-hybridized carbons (Fsp3) is 0.400. The molecule has 2 aromatic rings. The smallest absolute Gasteiger partial charge is 0.315 e. The number of hydrogen-bond donors (Lipinski definition) is 2. The Morgan fingerprint density at radius 2 is 2.19 bits per heavy atom. The van der Waals surface area contributed by atoms with E-state index in [1.165, 1.54) is 0 Å². The van der Waals surface area contributed by atoms with Crippen LogP contribution in [0.2, 0.25) is 0 Å². The first-order valence-corrected chi connectivity index (χ1v) is 7.73. The zero-order valence-corrected chi connectivity index (χ0v) is 13.3. The van der Waals surface area contributed by atoms with Crippen molar-refractivity contribution >= 4 is 17.4 Å². The number of furan rings is 1. The summed E-state index contributed by atoms with van der Waals surface area (Å²) in [5.74, 6) is 0.839. The van der Waals surface area contributed by atoms with Crippen molar-refractivity contribution in [1.82, 2.24) is 15.5 Å². The number of nitrogens with zero attached hydrogens (tertiary/aromatic N) is 1. The zero-order chi connectivity index (χ0) is 15.2. The maximum absolute atomic E-state index is 12.0. The minimum Gasteiger partial charge on any atom is -0.468 e. The van der Waals surface area contributed by atoms with Crippen LogP contribution in [0.25, 0.3) is 0 Å². The van der Waals surface area contributed by atoms with Crippen molar-refractivity contribution in [2.45, 2.75) is 19.0 Å². The SMILES string of the molecule is C[C@@H](NC(=O)NC[C@H](c1ccco1)N(C)C)c1cccs1. The summed E-state index contributed by atoms with van der Waals surface area (Å²) in [7, 11) is 3.92. The van der Waals surface area contributed by atoms with E-state index in [-0.39, 0.29) is 18.1 Å². The normalized spacial score (nSPS) is 13.9. The van der Waals surface area contributed by atoms with Gasteiger partial charge in [0.2, 0.25) is 0 Å². The van der Waals surface area contributed by atoms with Crippen molar-refractivity contribution in [3.63, 3.8) is 0 Å². The van der Waals surface area contributed by atoms with E-state index < -0.39 is 0 Å². The van der Waals surface area contributed by atoms with Crippen molar-refractivity contribution in [3.8, 4) is 0 Å². The molecule has 0 spiro atoms. The highest BCUT2D eigenvalue weighted by Gasteiger charge is 2.18. The molecular formula is C15H21N3O2S. The molecule has 0 bridgehead atoms. The Kier molecular flexibility index (Phi) is 5.41. The highest BCUT2D eigenvalue weighted by atomic mass is 32.1. The standard InChI is InChI=1S/C15H21N3O2S/c1-11(14-7-5-9-21-14)17-15(19)16-10-12(18(2)3)13-6-4-8-20-13/h4-9,11-12H,10H2,1-3H3,(H2,16,17,19)/t11-,12-/m1/s1. The molecule has 0 saturated heterocycles. The van der Waals surface area contributed by atoms with E-state index in [2.05, 4.69) is 10.6 Å². The molecule has 0 fully saturated rings. The third-order valence-corrected chi connectivity index (χ3v) is 4.32. The van der Waals surface area contributed by atoms with Crippen LogP contribution in [0.5, 0.6) is 0 Å². The lowest BCUT2D eigenvalue weighted by molar-refractivity contribution is 0.223. The maximum atomic E-state index is 12.0. The molecule has 5 nitrogen and oxygen atoms in total. The second kappa shape index (κ2) is 7.28. The number of thiophene rings is 1. The van der Waals surface area contributed by atoms with Gasteiger partial charge >= 0.3 is 6.03 Å². The molecule has 0 unspecified atom stereocenters. The van der Waals surface area contributed by atoms with Crippen molar-refractivity contribution in [1.29, 1.82) is 0 Å². The molecule has 0 aromatic carbocycles. The van der Waals surface area contributed by atoms with Crippen LogP contribution in [0.15, 0.2) is 40.3 Å². The molecule has 0 saturated carbocycles. The molecule has 2 amide bonds. The monoisotopic (exact) mass is 307 g/mol. The van der Waals surface area contributed by atoms with Crippen molar-refractivity contribution < 1.29 is 9.21 Å². The van der Waals surface area contributed by atoms with E-state index in [4.69, 9.17) is 4.42 Å². The molecule has 21 heavy (non-hydrogen) atoms. The molecule has 2 aromatic heterocycles. The van der Waals surface area contributed by atoms with Crippen molar-refractivity contribution in [2.75, 3.05) is 20.6 Å². The molecule has 0 aliphatic heterocycles. The molecule has 114 valence electrons. The van der Waals surface area contributed by atoms with Crippen LogP contribution in [-0.4, -0.2) is 31.6 Å². The van der Waals surface area contributed by atoms with Gasteiger partial charge in [-0.2, -0.15) is 0 Å². The predicted octanol–water partition coefficient (Wildman–Crippen LogP) is 3.00. The summed E-state index contributed by atoms with van der Waals surface area (Å²) in [6.45, 7) is 2.46. The van der Waals surface area contributed by atoms with Gasteiger partial charge in [0.25, 0.3) is 0 Å². The van der Waals surface area contributed by atoms with Gasteiger partial charge in [-0.05, 0) is 44.6 Å². The number of urea groups is 1. The summed E-state index contributed by atoms with van der Waals surface area (Å²) in [5, 5.41) is 7.84. The molecule has 6 heteroatoms. The van der Waals surface area contributed by atoms with E-state index in [0.29, 0.717) is 6.54 Å². The van der Waals surface area contributed by atoms with Gasteiger partial charge in [0.1, 0.15) is 5.76 Å². The Hall–Kier alpha value is -1.79. The quantitative estimate of drug-likeness (QED) is 0.862. The molecule has 2 atom stereocenters. The summed E-state index contributed by atoms with van der Waals surface area (Å²) < 4.78 is 5.42. The highest BCUT2D eigenvalue weighted by Crippen LogP contribution is 2.19. The van der Waals surface area contributed by atoms with Crippen LogP contribution < -0.4 is 10.6 Å². The summed E-state index contributed by atoms with van der Waals surface area (Å²) in [6.07, 6.45) is 1.64. The number of hydrogen-bond acceptors (Lipinski definition) is 4. The second-order valence-corrected chi connectivity index (χ2v) is 6.07. The first-order valence-electron chi connectivity index (χ1n) is 6.85. The van der Waals surface area contributed by atoms with E-state index in [1.54, 1.807) is 17.6 Å². The molecule has 0 aliphatic rings. The van der Waals surface area contributed by atoms with Crippen LogP contribution in [-0.2, 0) is 0 Å². The largest absolute Gasteiger partial charge is 0.468 e. The number of likely N-dealkylation sites (N-methyl/N-ethyl adjacent to an activating group) is 1. The van der Waals surface area contributed by atoms with Crippen LogP contribution in [0.3, 0.4) is 0 Å². The number of carbonyl (C=O) groups excluding carboxylic acids is 1. The zero-order valence-electron chi connectivity index (χ0n) is 12.5. The lowest BCUT2D eigenvalue weighted by atomic mass is 10.2. The fourth-order valence-electron chi connectivity index (χ4n) is 2.06.